The molecule has 0 spiro atoms. The van der Waals surface area contributed by atoms with Gasteiger partial charge in [-0.1, -0.05) is 187 Å². The van der Waals surface area contributed by atoms with E-state index in [1.165, 1.54) is 185 Å². The van der Waals surface area contributed by atoms with Crippen LogP contribution in [-0.2, 0) is 6.42 Å². The van der Waals surface area contributed by atoms with Crippen LogP contribution in [0.25, 0.3) is 0 Å². The molecule has 0 aromatic heterocycles. The number of hydrogen-bond donors (Lipinski definition) is 1. The maximum absolute atomic E-state index is 9.21. The van der Waals surface area contributed by atoms with Crippen LogP contribution in [0.4, 0.5) is 0 Å². The number of hydrogen-bond acceptors (Lipinski definition) is 3. The summed E-state index contributed by atoms with van der Waals surface area (Å²) in [5, 5.41) is 9.21. The van der Waals surface area contributed by atoms with E-state index in [4.69, 9.17) is 9.47 Å². The Kier molecular flexibility index (Phi) is 30.7. The summed E-state index contributed by atoms with van der Waals surface area (Å²) in [6.07, 6.45) is 41.2. The topological polar surface area (TPSA) is 38.7 Å². The molecule has 0 bridgehead atoms. The lowest BCUT2D eigenvalue weighted by atomic mass is 10.0. The molecule has 0 saturated carbocycles. The summed E-state index contributed by atoms with van der Waals surface area (Å²) >= 11 is 0. The Hall–Kier alpha value is -1.22. The molecule has 258 valence electrons. The normalized spacial score (nSPS) is 11.3. The van der Waals surface area contributed by atoms with Crippen molar-refractivity contribution in [1.82, 2.24) is 0 Å². The molecule has 3 heteroatoms. The maximum atomic E-state index is 9.21. The van der Waals surface area contributed by atoms with E-state index < -0.39 is 0 Å². The van der Waals surface area contributed by atoms with E-state index >= 15 is 0 Å². The molecule has 3 nitrogen and oxygen atoms in total. The molecule has 0 fully saturated rings. The molecule has 0 radical (unpaired) electrons. The van der Waals surface area contributed by atoms with Crippen molar-refractivity contribution in [3.63, 3.8) is 0 Å². The van der Waals surface area contributed by atoms with Gasteiger partial charge in [0.05, 0.1) is 13.2 Å². The van der Waals surface area contributed by atoms with Crippen molar-refractivity contribution in [2.75, 3.05) is 19.8 Å². The van der Waals surface area contributed by atoms with Crippen LogP contribution in [0, 0.1) is 0 Å². The number of benzene rings is 1. The zero-order chi connectivity index (χ0) is 31.6. The third-order valence-electron chi connectivity index (χ3n) is 9.14. The Morgan fingerprint density at radius 2 is 0.705 bits per heavy atom. The number of unbranched alkanes of at least 4 members (excludes halogenated alkanes) is 27. The van der Waals surface area contributed by atoms with Crippen molar-refractivity contribution in [1.29, 1.82) is 0 Å². The second-order valence-corrected chi connectivity index (χ2v) is 13.5. The average Bonchev–Trinajstić information content (AvgIpc) is 3.03. The van der Waals surface area contributed by atoms with Gasteiger partial charge < -0.3 is 14.6 Å². The summed E-state index contributed by atoms with van der Waals surface area (Å²) in [5.41, 5.74) is 1.30. The van der Waals surface area contributed by atoms with E-state index in [-0.39, 0.29) is 6.61 Å². The molecular weight excluding hydrogens is 540 g/mol. The van der Waals surface area contributed by atoms with Gasteiger partial charge in [-0.25, -0.2) is 0 Å². The summed E-state index contributed by atoms with van der Waals surface area (Å²) in [6.45, 7) is 5.74. The summed E-state index contributed by atoms with van der Waals surface area (Å²) in [5.74, 6) is 1.75. The van der Waals surface area contributed by atoms with Crippen LogP contribution in [0.2, 0.25) is 0 Å². The van der Waals surface area contributed by atoms with Gasteiger partial charge in [-0.15, -0.1) is 0 Å². The highest BCUT2D eigenvalue weighted by atomic mass is 16.5. The average molecular weight is 617 g/mol. The molecule has 1 rings (SSSR count). The van der Waals surface area contributed by atoms with Crippen LogP contribution < -0.4 is 9.47 Å². The van der Waals surface area contributed by atoms with Crippen molar-refractivity contribution in [3.8, 4) is 11.5 Å². The Morgan fingerprint density at radius 1 is 0.386 bits per heavy atom. The fourth-order valence-corrected chi connectivity index (χ4v) is 6.29. The van der Waals surface area contributed by atoms with Gasteiger partial charge in [0.15, 0.2) is 0 Å². The molecule has 0 aliphatic rings. The van der Waals surface area contributed by atoms with E-state index in [0.717, 1.165) is 30.9 Å². The van der Waals surface area contributed by atoms with E-state index in [0.29, 0.717) is 6.61 Å². The first-order chi connectivity index (χ1) is 21.8. The quantitative estimate of drug-likeness (QED) is 0.0771. The zero-order valence-corrected chi connectivity index (χ0v) is 29.8. The molecule has 0 unspecified atom stereocenters. The van der Waals surface area contributed by atoms with Crippen molar-refractivity contribution in [2.45, 2.75) is 206 Å². The smallest absolute Gasteiger partial charge is 0.123 e. The van der Waals surface area contributed by atoms with Gasteiger partial charge in [-0.2, -0.15) is 0 Å². The minimum absolute atomic E-state index is 0.0401. The van der Waals surface area contributed by atoms with Gasteiger partial charge in [0.2, 0.25) is 0 Å². The Morgan fingerprint density at radius 3 is 1.07 bits per heavy atom. The highest BCUT2D eigenvalue weighted by Crippen LogP contribution is 2.25. The van der Waals surface area contributed by atoms with Crippen molar-refractivity contribution >= 4 is 0 Å². The highest BCUT2D eigenvalue weighted by molar-refractivity contribution is 5.38. The van der Waals surface area contributed by atoms with E-state index in [2.05, 4.69) is 26.0 Å². The van der Waals surface area contributed by atoms with Crippen molar-refractivity contribution in [3.05, 3.63) is 23.8 Å². The number of aryl methyl sites for hydroxylation is 1. The predicted molar refractivity (Wildman–Crippen MR) is 193 cm³/mol. The van der Waals surface area contributed by atoms with Crippen molar-refractivity contribution in [2.24, 2.45) is 0 Å². The summed E-state index contributed by atoms with van der Waals surface area (Å²) in [7, 11) is 0. The lowest BCUT2D eigenvalue weighted by Crippen LogP contribution is -2.03. The molecule has 1 N–H and O–H groups in total. The van der Waals surface area contributed by atoms with Gasteiger partial charge in [0.1, 0.15) is 18.1 Å². The van der Waals surface area contributed by atoms with Gasteiger partial charge in [-0.05, 0) is 37.0 Å². The molecule has 1 aromatic carbocycles. The van der Waals surface area contributed by atoms with Gasteiger partial charge >= 0.3 is 0 Å². The summed E-state index contributed by atoms with van der Waals surface area (Å²) < 4.78 is 11.9. The fraction of sp³-hybridized carbons (Fsp3) is 0.854. The second-order valence-electron chi connectivity index (χ2n) is 13.5. The Balaban J connectivity index is 2.08. The largest absolute Gasteiger partial charge is 0.493 e. The third kappa shape index (κ3) is 27.1. The summed E-state index contributed by atoms with van der Waals surface area (Å²) in [6, 6.07) is 6.34. The first kappa shape index (κ1) is 40.8. The number of aliphatic hydroxyl groups excluding tert-OH is 1. The lowest BCUT2D eigenvalue weighted by Gasteiger charge is -2.12. The van der Waals surface area contributed by atoms with Crippen LogP contribution >= 0.6 is 0 Å². The van der Waals surface area contributed by atoms with Crippen LogP contribution in [0.15, 0.2) is 18.2 Å². The van der Waals surface area contributed by atoms with Crippen LogP contribution in [0.3, 0.4) is 0 Å². The maximum Gasteiger partial charge on any atom is 0.123 e. The minimum Gasteiger partial charge on any atom is -0.493 e. The Labute approximate surface area is 275 Å². The number of ether oxygens (including phenoxy) is 2. The first-order valence-corrected chi connectivity index (χ1v) is 19.8. The molecule has 0 heterocycles. The zero-order valence-electron chi connectivity index (χ0n) is 29.8. The monoisotopic (exact) mass is 617 g/mol. The van der Waals surface area contributed by atoms with Crippen LogP contribution in [-0.4, -0.2) is 24.9 Å². The fourth-order valence-electron chi connectivity index (χ4n) is 6.29. The van der Waals surface area contributed by atoms with Crippen molar-refractivity contribution < 1.29 is 14.6 Å². The molecule has 1 aromatic rings. The van der Waals surface area contributed by atoms with Gasteiger partial charge in [0.25, 0.3) is 0 Å². The van der Waals surface area contributed by atoms with Gasteiger partial charge in [0, 0.05) is 6.07 Å². The van der Waals surface area contributed by atoms with E-state index in [1.807, 2.05) is 6.07 Å². The molecule has 44 heavy (non-hydrogen) atoms. The predicted octanol–water partition coefficient (Wildman–Crippen LogP) is 13.3. The SMILES string of the molecule is CCCCCCCCCCCCCCCCCCOc1cc(CCCCCCCCCCCCCCC)cc(OCCO)c1. The molecule has 0 amide bonds. The molecular formula is C41H76O3. The standard InChI is InChI=1S/C41H76O3/c1-3-5-7-9-11-13-15-17-18-19-21-23-25-27-29-31-34-43-40-36-39(37-41(38-40)44-35-33-42)32-30-28-26-24-22-20-16-14-12-10-8-6-4-2/h36-38,42H,3-35H2,1-2H3. The van der Waals surface area contributed by atoms with E-state index in [1.54, 1.807) is 0 Å². The molecule has 0 aliphatic carbocycles. The number of rotatable bonds is 35. The van der Waals surface area contributed by atoms with Crippen LogP contribution in [0.5, 0.6) is 11.5 Å². The molecule has 0 atom stereocenters. The number of aliphatic hydroxyl groups is 1. The minimum atomic E-state index is 0.0401. The second kappa shape index (κ2) is 33.2. The molecule has 0 aliphatic heterocycles. The first-order valence-electron chi connectivity index (χ1n) is 19.8. The summed E-state index contributed by atoms with van der Waals surface area (Å²) in [4.78, 5) is 0. The third-order valence-corrected chi connectivity index (χ3v) is 9.14. The van der Waals surface area contributed by atoms with Gasteiger partial charge in [-0.3, -0.25) is 0 Å². The Bertz CT molecular complexity index is 703. The highest BCUT2D eigenvalue weighted by Gasteiger charge is 2.05. The van der Waals surface area contributed by atoms with E-state index in [9.17, 15) is 5.11 Å². The van der Waals surface area contributed by atoms with Crippen LogP contribution in [0.1, 0.15) is 206 Å². The lowest BCUT2D eigenvalue weighted by molar-refractivity contribution is 0.200. The molecule has 0 saturated heterocycles.